The van der Waals surface area contributed by atoms with Crippen LogP contribution in [0.1, 0.15) is 43.6 Å². The third kappa shape index (κ3) is 5.75. The first-order chi connectivity index (χ1) is 12.2. The third-order valence-corrected chi connectivity index (χ3v) is 3.96. The fourth-order valence-corrected chi connectivity index (χ4v) is 2.59. The van der Waals surface area contributed by atoms with Gasteiger partial charge in [0.05, 0.1) is 0 Å². The molecule has 0 saturated carbocycles. The van der Waals surface area contributed by atoms with E-state index < -0.39 is 5.60 Å². The van der Waals surface area contributed by atoms with Crippen molar-refractivity contribution in [2.75, 3.05) is 26.2 Å². The van der Waals surface area contributed by atoms with E-state index >= 15 is 0 Å². The molecule has 7 heteroatoms. The minimum Gasteiger partial charge on any atom is -0.444 e. The third-order valence-electron chi connectivity index (χ3n) is 3.96. The van der Waals surface area contributed by atoms with Gasteiger partial charge in [-0.25, -0.2) is 4.79 Å². The molecule has 1 aliphatic heterocycles. The zero-order valence-corrected chi connectivity index (χ0v) is 15.9. The van der Waals surface area contributed by atoms with Gasteiger partial charge < -0.3 is 19.9 Å². The Hall–Kier alpha value is -2.57. The minimum absolute atomic E-state index is 0.0556. The molecule has 0 aliphatic carbocycles. The van der Waals surface area contributed by atoms with E-state index in [0.717, 1.165) is 5.56 Å². The van der Waals surface area contributed by atoms with Crippen LogP contribution in [0.2, 0.25) is 0 Å². The smallest absolute Gasteiger partial charge is 0.410 e. The number of carbonyl (C=O) groups is 3. The maximum Gasteiger partial charge on any atom is 0.410 e. The molecule has 26 heavy (non-hydrogen) atoms. The SMILES string of the molecule is CC(=O)NCc1ccc(C(=O)N2CCN(C(=O)OC(C)(C)C)CC2)cc1. The Morgan fingerprint density at radius 1 is 1.00 bits per heavy atom. The molecule has 1 heterocycles. The number of carbonyl (C=O) groups excluding carboxylic acids is 3. The Kier molecular flexibility index (Phi) is 6.23. The molecule has 1 aliphatic rings. The van der Waals surface area contributed by atoms with Crippen LogP contribution in [0.5, 0.6) is 0 Å². The van der Waals surface area contributed by atoms with E-state index in [-0.39, 0.29) is 17.9 Å². The number of rotatable bonds is 3. The molecule has 0 spiro atoms. The summed E-state index contributed by atoms with van der Waals surface area (Å²) in [5.41, 5.74) is 1.01. The Balaban J connectivity index is 1.88. The van der Waals surface area contributed by atoms with E-state index in [1.807, 2.05) is 32.9 Å². The minimum atomic E-state index is -0.525. The second kappa shape index (κ2) is 8.21. The lowest BCUT2D eigenvalue weighted by Gasteiger charge is -2.35. The van der Waals surface area contributed by atoms with Gasteiger partial charge in [0.15, 0.2) is 0 Å². The average molecular weight is 361 g/mol. The zero-order chi connectivity index (χ0) is 19.3. The van der Waals surface area contributed by atoms with Crippen LogP contribution in [0, 0.1) is 0 Å². The summed E-state index contributed by atoms with van der Waals surface area (Å²) in [6.45, 7) is 9.29. The quantitative estimate of drug-likeness (QED) is 0.893. The normalized spacial score (nSPS) is 14.8. The van der Waals surface area contributed by atoms with Gasteiger partial charge >= 0.3 is 6.09 Å². The van der Waals surface area contributed by atoms with Crippen molar-refractivity contribution in [3.63, 3.8) is 0 Å². The fraction of sp³-hybridized carbons (Fsp3) is 0.526. The maximum atomic E-state index is 12.6. The number of nitrogens with zero attached hydrogens (tertiary/aromatic N) is 2. The van der Waals surface area contributed by atoms with Gasteiger partial charge in [-0.3, -0.25) is 9.59 Å². The molecule has 2 rings (SSSR count). The Morgan fingerprint density at radius 3 is 2.04 bits per heavy atom. The molecule has 1 N–H and O–H groups in total. The van der Waals surface area contributed by atoms with Gasteiger partial charge in [-0.2, -0.15) is 0 Å². The van der Waals surface area contributed by atoms with Crippen molar-refractivity contribution in [2.24, 2.45) is 0 Å². The predicted octanol–water partition coefficient (Wildman–Crippen LogP) is 2.02. The van der Waals surface area contributed by atoms with Crippen LogP contribution < -0.4 is 5.32 Å². The predicted molar refractivity (Wildman–Crippen MR) is 97.7 cm³/mol. The van der Waals surface area contributed by atoms with Crippen molar-refractivity contribution in [1.82, 2.24) is 15.1 Å². The van der Waals surface area contributed by atoms with Crippen LogP contribution >= 0.6 is 0 Å². The number of amides is 3. The van der Waals surface area contributed by atoms with Crippen LogP contribution in [0.4, 0.5) is 4.79 Å². The van der Waals surface area contributed by atoms with Crippen LogP contribution in [0.3, 0.4) is 0 Å². The van der Waals surface area contributed by atoms with Gasteiger partial charge in [0.25, 0.3) is 5.91 Å². The summed E-state index contributed by atoms with van der Waals surface area (Å²) in [5, 5.41) is 2.72. The van der Waals surface area contributed by atoms with Crippen molar-refractivity contribution in [3.05, 3.63) is 35.4 Å². The van der Waals surface area contributed by atoms with Crippen molar-refractivity contribution in [2.45, 2.75) is 39.8 Å². The number of nitrogens with one attached hydrogen (secondary N) is 1. The molecule has 1 saturated heterocycles. The average Bonchev–Trinajstić information content (AvgIpc) is 2.58. The summed E-state index contributed by atoms with van der Waals surface area (Å²) in [6, 6.07) is 7.19. The summed E-state index contributed by atoms with van der Waals surface area (Å²) < 4.78 is 5.36. The van der Waals surface area contributed by atoms with Gasteiger partial charge in [0.2, 0.25) is 5.91 Å². The van der Waals surface area contributed by atoms with Crippen molar-refractivity contribution in [3.8, 4) is 0 Å². The second-order valence-corrected chi connectivity index (χ2v) is 7.37. The standard InChI is InChI=1S/C19H27N3O4/c1-14(23)20-13-15-5-7-16(8-6-15)17(24)21-9-11-22(12-10-21)18(25)26-19(2,3)4/h5-8H,9-13H2,1-4H3,(H,20,23). The highest BCUT2D eigenvalue weighted by molar-refractivity contribution is 5.94. The molecule has 0 unspecified atom stereocenters. The zero-order valence-electron chi connectivity index (χ0n) is 15.9. The molecule has 0 aromatic heterocycles. The molecule has 142 valence electrons. The topological polar surface area (TPSA) is 79.0 Å². The summed E-state index contributed by atoms with van der Waals surface area (Å²) in [6.07, 6.45) is -0.341. The molecule has 0 radical (unpaired) electrons. The van der Waals surface area contributed by atoms with Gasteiger partial charge in [-0.05, 0) is 38.5 Å². The summed E-state index contributed by atoms with van der Waals surface area (Å²) in [7, 11) is 0. The molecule has 1 aromatic rings. The molecule has 0 atom stereocenters. The number of hydrogen-bond donors (Lipinski definition) is 1. The summed E-state index contributed by atoms with van der Waals surface area (Å²) >= 11 is 0. The van der Waals surface area contributed by atoms with Crippen LogP contribution in [0.15, 0.2) is 24.3 Å². The number of ether oxygens (including phenoxy) is 1. The van der Waals surface area contributed by atoms with E-state index in [9.17, 15) is 14.4 Å². The van der Waals surface area contributed by atoms with Gasteiger partial charge in [0.1, 0.15) is 5.60 Å². The lowest BCUT2D eigenvalue weighted by atomic mass is 10.1. The molecule has 1 fully saturated rings. The van der Waals surface area contributed by atoms with Crippen LogP contribution in [0.25, 0.3) is 0 Å². The van der Waals surface area contributed by atoms with Gasteiger partial charge in [-0.15, -0.1) is 0 Å². The summed E-state index contributed by atoms with van der Waals surface area (Å²) in [4.78, 5) is 39.0. The first kappa shape index (κ1) is 19.8. The molecule has 1 aromatic carbocycles. The first-order valence-corrected chi connectivity index (χ1v) is 8.76. The molecule has 3 amide bonds. The Morgan fingerprint density at radius 2 is 1.54 bits per heavy atom. The maximum absolute atomic E-state index is 12.6. The van der Waals surface area contributed by atoms with Crippen molar-refractivity contribution >= 4 is 17.9 Å². The lowest BCUT2D eigenvalue weighted by Crippen LogP contribution is -2.51. The molecular formula is C19H27N3O4. The number of hydrogen-bond acceptors (Lipinski definition) is 4. The molecular weight excluding hydrogens is 334 g/mol. The monoisotopic (exact) mass is 361 g/mol. The summed E-state index contributed by atoms with van der Waals surface area (Å²) in [5.74, 6) is -0.145. The van der Waals surface area contributed by atoms with E-state index in [1.165, 1.54) is 6.92 Å². The lowest BCUT2D eigenvalue weighted by molar-refractivity contribution is -0.119. The van der Waals surface area contributed by atoms with Crippen LogP contribution in [-0.2, 0) is 16.1 Å². The van der Waals surface area contributed by atoms with E-state index in [2.05, 4.69) is 5.32 Å². The van der Waals surface area contributed by atoms with E-state index in [0.29, 0.717) is 38.3 Å². The highest BCUT2D eigenvalue weighted by Gasteiger charge is 2.28. The number of benzene rings is 1. The van der Waals surface area contributed by atoms with Crippen molar-refractivity contribution in [1.29, 1.82) is 0 Å². The van der Waals surface area contributed by atoms with Gasteiger partial charge in [0, 0.05) is 45.2 Å². The van der Waals surface area contributed by atoms with Gasteiger partial charge in [-0.1, -0.05) is 12.1 Å². The van der Waals surface area contributed by atoms with Crippen molar-refractivity contribution < 1.29 is 19.1 Å². The highest BCUT2D eigenvalue weighted by Crippen LogP contribution is 2.14. The first-order valence-electron chi connectivity index (χ1n) is 8.76. The second-order valence-electron chi connectivity index (χ2n) is 7.37. The van der Waals surface area contributed by atoms with Crippen LogP contribution in [-0.4, -0.2) is 59.5 Å². The fourth-order valence-electron chi connectivity index (χ4n) is 2.59. The Labute approximate surface area is 154 Å². The van der Waals surface area contributed by atoms with E-state index in [1.54, 1.807) is 21.9 Å². The number of piperazine rings is 1. The Bertz CT molecular complexity index is 656. The molecule has 0 bridgehead atoms. The molecule has 7 nitrogen and oxygen atoms in total. The van der Waals surface area contributed by atoms with E-state index in [4.69, 9.17) is 4.74 Å². The largest absolute Gasteiger partial charge is 0.444 e. The highest BCUT2D eigenvalue weighted by atomic mass is 16.6.